The molecule has 7 nitrogen and oxygen atoms in total. The quantitative estimate of drug-likeness (QED) is 0.538. The van der Waals surface area contributed by atoms with Crippen LogP contribution >= 0.6 is 0 Å². The minimum Gasteiger partial charge on any atom is -0.493 e. The molecule has 1 aromatic carbocycles. The Kier molecular flexibility index (Phi) is 7.32. The lowest BCUT2D eigenvalue weighted by molar-refractivity contribution is -0.128. The van der Waals surface area contributed by atoms with Crippen LogP contribution in [0.2, 0.25) is 0 Å². The summed E-state index contributed by atoms with van der Waals surface area (Å²) >= 11 is 0. The molecule has 172 valence electrons. The summed E-state index contributed by atoms with van der Waals surface area (Å²) in [5.41, 5.74) is 6.87. The second kappa shape index (κ2) is 9.78. The lowest BCUT2D eigenvalue weighted by Gasteiger charge is -2.38. The average Bonchev–Trinajstić information content (AvgIpc) is 3.23. The molecule has 31 heavy (non-hydrogen) atoms. The number of benzene rings is 1. The van der Waals surface area contributed by atoms with Gasteiger partial charge in [0.15, 0.2) is 17.3 Å². The van der Waals surface area contributed by atoms with Crippen molar-refractivity contribution in [2.24, 2.45) is 10.7 Å². The number of nitrogens with one attached hydrogen (secondary N) is 2. The number of amidine groups is 1. The molecule has 0 bridgehead atoms. The molecule has 2 heterocycles. The van der Waals surface area contributed by atoms with Crippen molar-refractivity contribution in [1.29, 1.82) is 0 Å². The highest BCUT2D eigenvalue weighted by Crippen LogP contribution is 2.33. The SMILES string of the molecule is CN=C1C=C(CC(F)(F)F)NC(N)(c2ccc(OC)c(OCCCN3CCCC3)c2)N1. The highest BCUT2D eigenvalue weighted by Gasteiger charge is 2.37. The van der Waals surface area contributed by atoms with Crippen molar-refractivity contribution in [3.05, 3.63) is 35.5 Å². The zero-order valence-electron chi connectivity index (χ0n) is 17.9. The van der Waals surface area contributed by atoms with Gasteiger partial charge in [-0.2, -0.15) is 13.2 Å². The van der Waals surface area contributed by atoms with Crippen LogP contribution in [0.15, 0.2) is 35.0 Å². The zero-order chi connectivity index (χ0) is 22.5. The average molecular weight is 441 g/mol. The summed E-state index contributed by atoms with van der Waals surface area (Å²) in [5, 5.41) is 5.71. The van der Waals surface area contributed by atoms with Gasteiger partial charge in [-0.15, -0.1) is 0 Å². The first-order valence-corrected chi connectivity index (χ1v) is 10.4. The number of alkyl halides is 3. The molecule has 0 amide bonds. The molecule has 2 aliphatic rings. The first-order valence-electron chi connectivity index (χ1n) is 10.4. The minimum atomic E-state index is -4.38. The third-order valence-corrected chi connectivity index (χ3v) is 5.32. The van der Waals surface area contributed by atoms with Crippen molar-refractivity contribution in [3.63, 3.8) is 0 Å². The normalized spacial score (nSPS) is 23.3. The predicted molar refractivity (Wildman–Crippen MR) is 113 cm³/mol. The standard InChI is InChI=1S/C21H30F3N5O2/c1-26-19-13-16(14-20(22,23)24)27-21(25,28-19)15-6-7-17(30-2)18(12-15)31-11-5-10-29-8-3-4-9-29/h6-7,12-13,27H,3-5,8-11,14,25H2,1-2H3,(H,26,28). The third-order valence-electron chi connectivity index (χ3n) is 5.32. The van der Waals surface area contributed by atoms with Crippen LogP contribution in [0.1, 0.15) is 31.2 Å². The van der Waals surface area contributed by atoms with E-state index in [0.29, 0.717) is 23.7 Å². The minimum absolute atomic E-state index is 0.0711. The van der Waals surface area contributed by atoms with Crippen LogP contribution in [0.5, 0.6) is 11.5 Å². The van der Waals surface area contributed by atoms with Gasteiger partial charge in [-0.25, -0.2) is 0 Å². The highest BCUT2D eigenvalue weighted by atomic mass is 19.4. The summed E-state index contributed by atoms with van der Waals surface area (Å²) in [6, 6.07) is 5.05. The molecule has 1 aromatic rings. The van der Waals surface area contributed by atoms with Crippen molar-refractivity contribution in [1.82, 2.24) is 15.5 Å². The fraction of sp³-hybridized carbons (Fsp3) is 0.571. The molecule has 3 rings (SSSR count). The summed E-state index contributed by atoms with van der Waals surface area (Å²) in [4.78, 5) is 6.39. The van der Waals surface area contributed by atoms with Crippen LogP contribution in [0.3, 0.4) is 0 Å². The van der Waals surface area contributed by atoms with Crippen molar-refractivity contribution in [2.75, 3.05) is 40.4 Å². The van der Waals surface area contributed by atoms with E-state index in [1.165, 1.54) is 33.1 Å². The molecule has 1 atom stereocenters. The molecule has 1 saturated heterocycles. The number of nitrogens with zero attached hydrogens (tertiary/aromatic N) is 2. The largest absolute Gasteiger partial charge is 0.493 e. The van der Waals surface area contributed by atoms with Gasteiger partial charge in [-0.1, -0.05) is 0 Å². The molecule has 10 heteroatoms. The second-order valence-electron chi connectivity index (χ2n) is 7.74. The molecule has 4 N–H and O–H groups in total. The number of aliphatic imine (C=N–C) groups is 1. The monoisotopic (exact) mass is 441 g/mol. The number of ether oxygens (including phenoxy) is 2. The van der Waals surface area contributed by atoms with Crippen LogP contribution in [0, 0.1) is 0 Å². The van der Waals surface area contributed by atoms with Crippen LogP contribution in [-0.2, 0) is 5.79 Å². The van der Waals surface area contributed by atoms with E-state index >= 15 is 0 Å². The van der Waals surface area contributed by atoms with Gasteiger partial charge in [0, 0.05) is 24.9 Å². The molecule has 0 saturated carbocycles. The molecule has 1 unspecified atom stereocenters. The Hall–Kier alpha value is -2.46. The van der Waals surface area contributed by atoms with Crippen LogP contribution in [-0.4, -0.2) is 57.3 Å². The fourth-order valence-corrected chi connectivity index (χ4v) is 3.81. The third kappa shape index (κ3) is 6.27. The zero-order valence-corrected chi connectivity index (χ0v) is 17.9. The molecule has 1 fully saturated rings. The first-order chi connectivity index (χ1) is 14.7. The molecule has 2 aliphatic heterocycles. The molecular formula is C21H30F3N5O2. The summed E-state index contributed by atoms with van der Waals surface area (Å²) in [7, 11) is 3.02. The van der Waals surface area contributed by atoms with Crippen LogP contribution in [0.4, 0.5) is 13.2 Å². The number of likely N-dealkylation sites (tertiary alicyclic amines) is 1. The Bertz CT molecular complexity index is 822. The number of hydrogen-bond acceptors (Lipinski definition) is 6. The number of hydrogen-bond donors (Lipinski definition) is 3. The maximum atomic E-state index is 13.0. The van der Waals surface area contributed by atoms with Crippen LogP contribution < -0.4 is 25.8 Å². The maximum Gasteiger partial charge on any atom is 0.394 e. The van der Waals surface area contributed by atoms with E-state index in [0.717, 1.165) is 26.1 Å². The molecule has 0 aliphatic carbocycles. The smallest absolute Gasteiger partial charge is 0.394 e. The summed E-state index contributed by atoms with van der Waals surface area (Å²) < 4.78 is 50.2. The van der Waals surface area contributed by atoms with Gasteiger partial charge in [-0.3, -0.25) is 10.7 Å². The van der Waals surface area contributed by atoms with E-state index in [2.05, 4.69) is 20.5 Å². The Labute approximate surface area is 180 Å². The Morgan fingerprint density at radius 1 is 1.19 bits per heavy atom. The second-order valence-corrected chi connectivity index (χ2v) is 7.74. The predicted octanol–water partition coefficient (Wildman–Crippen LogP) is 2.69. The van der Waals surface area contributed by atoms with Gasteiger partial charge in [-0.05, 0) is 56.6 Å². The summed E-state index contributed by atoms with van der Waals surface area (Å²) in [6.45, 7) is 3.71. The van der Waals surface area contributed by atoms with Crippen molar-refractivity contribution >= 4 is 5.84 Å². The molecule has 0 aromatic heterocycles. The van der Waals surface area contributed by atoms with Gasteiger partial charge in [0.2, 0.25) is 0 Å². The number of rotatable bonds is 8. The van der Waals surface area contributed by atoms with E-state index < -0.39 is 18.4 Å². The van der Waals surface area contributed by atoms with Gasteiger partial charge in [0.25, 0.3) is 0 Å². The number of allylic oxidation sites excluding steroid dienone is 1. The van der Waals surface area contributed by atoms with E-state index in [9.17, 15) is 13.2 Å². The topological polar surface area (TPSA) is 84.1 Å². The maximum absolute atomic E-state index is 13.0. The highest BCUT2D eigenvalue weighted by molar-refractivity contribution is 5.95. The lowest BCUT2D eigenvalue weighted by atomic mass is 10.0. The van der Waals surface area contributed by atoms with E-state index in [1.807, 2.05) is 0 Å². The lowest BCUT2D eigenvalue weighted by Crippen LogP contribution is -2.64. The molecule has 0 spiro atoms. The summed E-state index contributed by atoms with van der Waals surface area (Å²) in [6.07, 6.45) is -0.866. The summed E-state index contributed by atoms with van der Waals surface area (Å²) in [5.74, 6) is -0.217. The van der Waals surface area contributed by atoms with Crippen molar-refractivity contribution in [3.8, 4) is 11.5 Å². The fourth-order valence-electron chi connectivity index (χ4n) is 3.81. The Morgan fingerprint density at radius 3 is 2.58 bits per heavy atom. The molecule has 0 radical (unpaired) electrons. The Balaban J connectivity index is 1.74. The van der Waals surface area contributed by atoms with Gasteiger partial charge in [0.05, 0.1) is 20.1 Å². The van der Waals surface area contributed by atoms with Gasteiger partial charge < -0.3 is 25.0 Å². The number of methoxy groups -OCH3 is 1. The number of halogens is 3. The first kappa shape index (κ1) is 23.2. The van der Waals surface area contributed by atoms with Gasteiger partial charge >= 0.3 is 6.18 Å². The van der Waals surface area contributed by atoms with E-state index in [1.54, 1.807) is 18.2 Å². The van der Waals surface area contributed by atoms with Crippen molar-refractivity contribution < 1.29 is 22.6 Å². The van der Waals surface area contributed by atoms with E-state index in [-0.39, 0.29) is 11.5 Å². The Morgan fingerprint density at radius 2 is 1.94 bits per heavy atom. The molecular weight excluding hydrogens is 411 g/mol. The van der Waals surface area contributed by atoms with Crippen LogP contribution in [0.25, 0.3) is 0 Å². The number of nitrogens with two attached hydrogens (primary N) is 1. The van der Waals surface area contributed by atoms with Gasteiger partial charge in [0.1, 0.15) is 5.84 Å². The van der Waals surface area contributed by atoms with E-state index in [4.69, 9.17) is 15.2 Å². The van der Waals surface area contributed by atoms with Crippen molar-refractivity contribution in [2.45, 2.75) is 37.6 Å².